The topological polar surface area (TPSA) is 78.9 Å². The molecule has 0 aromatic carbocycles. The first kappa shape index (κ1) is 73.8. The molecule has 0 heterocycles. The van der Waals surface area contributed by atoms with E-state index in [9.17, 15) is 14.4 Å². The molecule has 0 saturated carbocycles. The van der Waals surface area contributed by atoms with Gasteiger partial charge in [0.15, 0.2) is 6.10 Å². The Balaban J connectivity index is 4.09. The van der Waals surface area contributed by atoms with E-state index in [0.29, 0.717) is 19.3 Å². The molecule has 0 amide bonds. The van der Waals surface area contributed by atoms with Crippen molar-refractivity contribution in [3.63, 3.8) is 0 Å². The van der Waals surface area contributed by atoms with E-state index in [1.807, 2.05) is 0 Å². The van der Waals surface area contributed by atoms with E-state index in [1.165, 1.54) is 122 Å². The predicted octanol–water partition coefficient (Wildman–Crippen LogP) is 22.4. The third-order valence-corrected chi connectivity index (χ3v) is 13.7. The summed E-state index contributed by atoms with van der Waals surface area (Å²) < 4.78 is 16.8. The van der Waals surface area contributed by atoms with Gasteiger partial charge in [0.05, 0.1) is 0 Å². The van der Waals surface area contributed by atoms with Gasteiger partial charge in [0.25, 0.3) is 0 Å². The fourth-order valence-electron chi connectivity index (χ4n) is 8.91. The molecule has 0 aliphatic heterocycles. The molecule has 0 aromatic rings. The number of esters is 3. The monoisotopic (exact) mass is 1080 g/mol. The summed E-state index contributed by atoms with van der Waals surface area (Å²) in [6.45, 7) is 6.35. The van der Waals surface area contributed by atoms with Gasteiger partial charge in [-0.15, -0.1) is 0 Å². The van der Waals surface area contributed by atoms with Gasteiger partial charge in [0.2, 0.25) is 0 Å². The van der Waals surface area contributed by atoms with E-state index in [4.69, 9.17) is 14.2 Å². The largest absolute Gasteiger partial charge is 0.462 e. The van der Waals surface area contributed by atoms with Gasteiger partial charge in [-0.05, 0) is 109 Å². The zero-order valence-corrected chi connectivity index (χ0v) is 50.9. The zero-order valence-electron chi connectivity index (χ0n) is 50.9. The van der Waals surface area contributed by atoms with Crippen LogP contribution in [-0.4, -0.2) is 37.2 Å². The second-order valence-electron chi connectivity index (χ2n) is 21.3. The molecule has 6 nitrogen and oxygen atoms in total. The lowest BCUT2D eigenvalue weighted by Crippen LogP contribution is -2.30. The molecular weight excluding hydrogens is 961 g/mol. The molecule has 0 radical (unpaired) electrons. The standard InChI is InChI=1S/C72H120O6/c1-4-7-10-13-16-18-20-22-24-26-28-30-32-33-34-35-36-37-38-39-41-42-44-46-48-50-52-54-56-59-62-65-71(74)77-68-69(67-76-70(73)64-61-58-15-12-9-6-3)78-72(75)66-63-60-57-55-53-51-49-47-45-43-40-31-29-27-25-23-21-19-17-14-11-8-5-2/h7-8,10-11,16-19,22-25,28-31,43,45,49,51,69H,4-6,9,12-15,20-21,26-27,32-42,44,46-48,50,52-68H2,1-3H3/b10-7-,11-8-,18-16-,19-17-,24-22-,25-23-,30-28-,31-29-,45-43-,51-49-. The van der Waals surface area contributed by atoms with Gasteiger partial charge in [-0.2, -0.15) is 0 Å². The Labute approximate surface area is 482 Å². The van der Waals surface area contributed by atoms with Crippen molar-refractivity contribution in [3.05, 3.63) is 122 Å². The lowest BCUT2D eigenvalue weighted by Gasteiger charge is -2.18. The molecule has 78 heavy (non-hydrogen) atoms. The second kappa shape index (κ2) is 65.3. The van der Waals surface area contributed by atoms with E-state index in [2.05, 4.69) is 142 Å². The fourth-order valence-corrected chi connectivity index (χ4v) is 8.91. The molecule has 0 rings (SSSR count). The summed E-state index contributed by atoms with van der Waals surface area (Å²) >= 11 is 0. The number of unbranched alkanes of at least 4 members (excludes halogenated alkanes) is 27. The number of hydrogen-bond acceptors (Lipinski definition) is 6. The molecule has 0 aromatic heterocycles. The smallest absolute Gasteiger partial charge is 0.306 e. The Bertz CT molecular complexity index is 1620. The van der Waals surface area contributed by atoms with E-state index in [0.717, 1.165) is 135 Å². The Morgan fingerprint density at radius 1 is 0.269 bits per heavy atom. The first-order valence-electron chi connectivity index (χ1n) is 32.5. The second-order valence-corrected chi connectivity index (χ2v) is 21.3. The van der Waals surface area contributed by atoms with Crippen molar-refractivity contribution < 1.29 is 28.6 Å². The molecule has 0 N–H and O–H groups in total. The molecule has 1 unspecified atom stereocenters. The van der Waals surface area contributed by atoms with Gasteiger partial charge in [-0.1, -0.05) is 290 Å². The van der Waals surface area contributed by atoms with Crippen LogP contribution in [0.25, 0.3) is 0 Å². The van der Waals surface area contributed by atoms with Crippen molar-refractivity contribution in [1.82, 2.24) is 0 Å². The third kappa shape index (κ3) is 62.7. The average molecular weight is 1080 g/mol. The van der Waals surface area contributed by atoms with Crippen LogP contribution in [0.2, 0.25) is 0 Å². The molecule has 0 bridgehead atoms. The Hall–Kier alpha value is -4.19. The maximum absolute atomic E-state index is 12.8. The Morgan fingerprint density at radius 3 is 0.782 bits per heavy atom. The van der Waals surface area contributed by atoms with Crippen molar-refractivity contribution in [2.24, 2.45) is 0 Å². The third-order valence-electron chi connectivity index (χ3n) is 13.7. The molecule has 0 fully saturated rings. The van der Waals surface area contributed by atoms with Crippen LogP contribution >= 0.6 is 0 Å². The van der Waals surface area contributed by atoms with Gasteiger partial charge in [-0.3, -0.25) is 14.4 Å². The van der Waals surface area contributed by atoms with E-state index in [-0.39, 0.29) is 31.1 Å². The van der Waals surface area contributed by atoms with Crippen molar-refractivity contribution in [2.45, 2.75) is 303 Å². The summed E-state index contributed by atoms with van der Waals surface area (Å²) in [4.78, 5) is 38.0. The highest BCUT2D eigenvalue weighted by molar-refractivity contribution is 5.71. The summed E-state index contributed by atoms with van der Waals surface area (Å²) in [5, 5.41) is 0. The highest BCUT2D eigenvalue weighted by atomic mass is 16.6. The van der Waals surface area contributed by atoms with Crippen LogP contribution in [0.1, 0.15) is 297 Å². The van der Waals surface area contributed by atoms with E-state index < -0.39 is 6.10 Å². The van der Waals surface area contributed by atoms with Crippen molar-refractivity contribution >= 4 is 17.9 Å². The molecule has 0 spiro atoms. The number of allylic oxidation sites excluding steroid dienone is 20. The molecule has 0 aliphatic carbocycles. The summed E-state index contributed by atoms with van der Waals surface area (Å²) in [5.74, 6) is -0.917. The summed E-state index contributed by atoms with van der Waals surface area (Å²) in [6.07, 6.45) is 91.1. The summed E-state index contributed by atoms with van der Waals surface area (Å²) in [7, 11) is 0. The van der Waals surface area contributed by atoms with E-state index in [1.54, 1.807) is 0 Å². The molecule has 1 atom stereocenters. The summed E-state index contributed by atoms with van der Waals surface area (Å²) in [5.41, 5.74) is 0. The number of rotatable bonds is 58. The number of carbonyl (C=O) groups is 3. The van der Waals surface area contributed by atoms with Gasteiger partial charge < -0.3 is 14.2 Å². The van der Waals surface area contributed by atoms with Crippen LogP contribution in [0.15, 0.2) is 122 Å². The van der Waals surface area contributed by atoms with Crippen LogP contribution in [0.3, 0.4) is 0 Å². The Morgan fingerprint density at radius 2 is 0.500 bits per heavy atom. The van der Waals surface area contributed by atoms with Gasteiger partial charge in [0, 0.05) is 19.3 Å². The van der Waals surface area contributed by atoms with Crippen molar-refractivity contribution in [2.75, 3.05) is 13.2 Å². The lowest BCUT2D eigenvalue weighted by atomic mass is 10.0. The summed E-state index contributed by atoms with van der Waals surface area (Å²) in [6, 6.07) is 0. The highest BCUT2D eigenvalue weighted by Crippen LogP contribution is 2.16. The Kier molecular flexibility index (Phi) is 61.8. The zero-order chi connectivity index (χ0) is 56.4. The first-order valence-corrected chi connectivity index (χ1v) is 32.5. The number of ether oxygens (including phenoxy) is 3. The van der Waals surface area contributed by atoms with Crippen LogP contribution in [-0.2, 0) is 28.6 Å². The van der Waals surface area contributed by atoms with Crippen LogP contribution in [0, 0.1) is 0 Å². The minimum Gasteiger partial charge on any atom is -0.462 e. The van der Waals surface area contributed by atoms with E-state index >= 15 is 0 Å². The maximum Gasteiger partial charge on any atom is 0.306 e. The minimum atomic E-state index is -0.790. The highest BCUT2D eigenvalue weighted by Gasteiger charge is 2.19. The molecule has 0 saturated heterocycles. The fraction of sp³-hybridized carbons (Fsp3) is 0.681. The molecule has 6 heteroatoms. The molecule has 444 valence electrons. The van der Waals surface area contributed by atoms with Crippen molar-refractivity contribution in [1.29, 1.82) is 0 Å². The number of hydrogen-bond donors (Lipinski definition) is 0. The van der Waals surface area contributed by atoms with Gasteiger partial charge in [-0.25, -0.2) is 0 Å². The maximum atomic E-state index is 12.8. The van der Waals surface area contributed by atoms with Crippen LogP contribution in [0.5, 0.6) is 0 Å². The normalized spacial score (nSPS) is 12.9. The molecular formula is C72H120O6. The quantitative estimate of drug-likeness (QED) is 0.0261. The van der Waals surface area contributed by atoms with Gasteiger partial charge >= 0.3 is 17.9 Å². The molecule has 0 aliphatic rings. The van der Waals surface area contributed by atoms with Crippen LogP contribution < -0.4 is 0 Å². The lowest BCUT2D eigenvalue weighted by molar-refractivity contribution is -0.167. The minimum absolute atomic E-state index is 0.0879. The van der Waals surface area contributed by atoms with Crippen molar-refractivity contribution in [3.8, 4) is 0 Å². The predicted molar refractivity (Wildman–Crippen MR) is 339 cm³/mol. The average Bonchev–Trinajstić information content (AvgIpc) is 3.44. The first-order chi connectivity index (χ1) is 38.5. The van der Waals surface area contributed by atoms with Gasteiger partial charge in [0.1, 0.15) is 13.2 Å². The van der Waals surface area contributed by atoms with Crippen LogP contribution in [0.4, 0.5) is 0 Å². The number of carbonyl (C=O) groups excluding carboxylic acids is 3. The SMILES string of the molecule is CC/C=C\C/C=C\C/C=C\C/C=C\C/C=C\C/C=C\CCCCCCC(=O)OC(COC(=O)CCCCCCCC)COC(=O)CCCCCCCCCCCCCCCCCCCC/C=C\C/C=C\C/C=C\C/C=C\CC.